The van der Waals surface area contributed by atoms with Gasteiger partial charge in [0.2, 0.25) is 0 Å². The number of Topliss-reactive ketones (excluding diaryl/α,β-unsaturated/α-hetero) is 1. The molecule has 0 amide bonds. The van der Waals surface area contributed by atoms with Gasteiger partial charge < -0.3 is 27.6 Å². The summed E-state index contributed by atoms with van der Waals surface area (Å²) in [6.07, 6.45) is -0.106. The minimum absolute atomic E-state index is 0. The van der Waals surface area contributed by atoms with Gasteiger partial charge in [-0.2, -0.15) is 0 Å². The van der Waals surface area contributed by atoms with Crippen LogP contribution in [-0.4, -0.2) is 31.1 Å². The molecule has 0 fully saturated rings. The van der Waals surface area contributed by atoms with E-state index in [2.05, 4.69) is 0 Å². The molecule has 0 saturated carbocycles. The Morgan fingerprint density at radius 1 is 1.20 bits per heavy atom. The normalized spacial score (nSPS) is 11.5. The third-order valence-electron chi connectivity index (χ3n) is 4.14. The van der Waals surface area contributed by atoms with Crippen molar-refractivity contribution in [1.82, 2.24) is 0 Å². The summed E-state index contributed by atoms with van der Waals surface area (Å²) in [7, 11) is 1.61. The van der Waals surface area contributed by atoms with E-state index in [4.69, 9.17) is 4.74 Å². The summed E-state index contributed by atoms with van der Waals surface area (Å²) in [5.41, 5.74) is 3.74. The standard InChI is InChI=1S/C20H25NO3.ClH/c1-14-7-8-15(2)18(11-14)19(22)9-10-21-13-20(23)16-5-4-6-17(12-16)24-3;/h4-8,11-12,20-21,23H,9-10,13H2,1-3H3;1H. The van der Waals surface area contributed by atoms with Crippen LogP contribution in [0.4, 0.5) is 0 Å². The molecule has 0 radical (unpaired) electrons. The Kier molecular flexibility index (Phi) is 8.62. The van der Waals surface area contributed by atoms with Gasteiger partial charge in [0.15, 0.2) is 5.78 Å². The van der Waals surface area contributed by atoms with Gasteiger partial charge in [-0.1, -0.05) is 29.8 Å². The summed E-state index contributed by atoms with van der Waals surface area (Å²) in [5, 5.41) is 12.2. The molecule has 0 aromatic heterocycles. The van der Waals surface area contributed by atoms with E-state index in [1.807, 2.05) is 61.6 Å². The lowest BCUT2D eigenvalue weighted by molar-refractivity contribution is -0.660. The molecule has 5 heteroatoms. The predicted octanol–water partition coefficient (Wildman–Crippen LogP) is -0.814. The molecule has 25 heavy (non-hydrogen) atoms. The zero-order chi connectivity index (χ0) is 17.5. The van der Waals surface area contributed by atoms with Crippen LogP contribution in [0.5, 0.6) is 5.75 Å². The molecule has 0 spiro atoms. The molecule has 0 aliphatic heterocycles. The lowest BCUT2D eigenvalue weighted by atomic mass is 10.0. The van der Waals surface area contributed by atoms with Gasteiger partial charge in [-0.3, -0.25) is 4.79 Å². The van der Waals surface area contributed by atoms with Gasteiger partial charge in [0, 0.05) is 5.56 Å². The highest BCUT2D eigenvalue weighted by atomic mass is 35.5. The second kappa shape index (κ2) is 10.2. The van der Waals surface area contributed by atoms with Gasteiger partial charge >= 0.3 is 0 Å². The van der Waals surface area contributed by atoms with Crippen molar-refractivity contribution in [3.63, 3.8) is 0 Å². The first-order valence-corrected chi connectivity index (χ1v) is 8.25. The van der Waals surface area contributed by atoms with Gasteiger partial charge in [-0.05, 0) is 43.2 Å². The molecule has 4 nitrogen and oxygen atoms in total. The smallest absolute Gasteiger partial charge is 0.168 e. The first kappa shape index (κ1) is 21.2. The lowest BCUT2D eigenvalue weighted by Gasteiger charge is -2.11. The second-order valence-corrected chi connectivity index (χ2v) is 6.10. The maximum atomic E-state index is 12.3. The van der Waals surface area contributed by atoms with Crippen LogP contribution < -0.4 is 22.5 Å². The van der Waals surface area contributed by atoms with Crippen LogP contribution in [0, 0.1) is 13.8 Å². The molecule has 2 aromatic carbocycles. The average Bonchev–Trinajstić information content (AvgIpc) is 2.60. The minimum Gasteiger partial charge on any atom is -1.00 e. The number of carbonyl (C=O) groups is 1. The lowest BCUT2D eigenvalue weighted by Crippen LogP contribution is -3.00. The van der Waals surface area contributed by atoms with E-state index in [1.54, 1.807) is 7.11 Å². The Balaban J connectivity index is 0.00000312. The van der Waals surface area contributed by atoms with Crippen molar-refractivity contribution in [1.29, 1.82) is 0 Å². The van der Waals surface area contributed by atoms with Gasteiger partial charge in [-0.25, -0.2) is 0 Å². The zero-order valence-electron chi connectivity index (χ0n) is 15.0. The van der Waals surface area contributed by atoms with Crippen molar-refractivity contribution in [2.45, 2.75) is 26.4 Å². The third kappa shape index (κ3) is 6.16. The number of carbonyl (C=O) groups excluding carboxylic acids is 1. The van der Waals surface area contributed by atoms with Crippen molar-refractivity contribution in [3.8, 4) is 5.75 Å². The minimum atomic E-state index is -0.573. The molecule has 1 unspecified atom stereocenters. The summed E-state index contributed by atoms with van der Waals surface area (Å²) in [5.74, 6) is 0.889. The van der Waals surface area contributed by atoms with Gasteiger partial charge in [0.05, 0.1) is 20.1 Å². The number of ether oxygens (including phenoxy) is 1. The molecule has 0 heterocycles. The summed E-state index contributed by atoms with van der Waals surface area (Å²) in [4.78, 5) is 12.3. The van der Waals surface area contributed by atoms with E-state index in [9.17, 15) is 9.90 Å². The highest BCUT2D eigenvalue weighted by molar-refractivity contribution is 5.97. The molecule has 0 aliphatic carbocycles. The van der Waals surface area contributed by atoms with Crippen LogP contribution >= 0.6 is 0 Å². The van der Waals surface area contributed by atoms with Crippen molar-refractivity contribution in [3.05, 3.63) is 64.7 Å². The Morgan fingerprint density at radius 3 is 2.68 bits per heavy atom. The fourth-order valence-corrected chi connectivity index (χ4v) is 2.66. The molecule has 136 valence electrons. The fourth-order valence-electron chi connectivity index (χ4n) is 2.66. The topological polar surface area (TPSA) is 63.1 Å². The van der Waals surface area contributed by atoms with E-state index in [0.29, 0.717) is 19.5 Å². The number of aliphatic hydroxyl groups is 1. The van der Waals surface area contributed by atoms with Crippen LogP contribution in [0.3, 0.4) is 0 Å². The SMILES string of the molecule is COc1cccc(C(O)C[NH2+]CCC(=O)c2cc(C)ccc2C)c1.[Cl-]. The summed E-state index contributed by atoms with van der Waals surface area (Å²) < 4.78 is 5.17. The Morgan fingerprint density at radius 2 is 1.96 bits per heavy atom. The maximum Gasteiger partial charge on any atom is 0.168 e. The van der Waals surface area contributed by atoms with E-state index < -0.39 is 6.10 Å². The third-order valence-corrected chi connectivity index (χ3v) is 4.14. The van der Waals surface area contributed by atoms with Crippen molar-refractivity contribution in [2.24, 2.45) is 0 Å². The molecule has 2 rings (SSSR count). The molecule has 3 N–H and O–H groups in total. The number of hydrogen-bond donors (Lipinski definition) is 2. The number of benzene rings is 2. The highest BCUT2D eigenvalue weighted by Gasteiger charge is 2.13. The van der Waals surface area contributed by atoms with E-state index >= 15 is 0 Å². The molecule has 0 aliphatic rings. The first-order valence-electron chi connectivity index (χ1n) is 8.25. The van der Waals surface area contributed by atoms with Gasteiger partial charge in [0.25, 0.3) is 0 Å². The number of nitrogens with two attached hydrogens (primary N) is 1. The van der Waals surface area contributed by atoms with Gasteiger partial charge in [-0.15, -0.1) is 0 Å². The van der Waals surface area contributed by atoms with Gasteiger partial charge in [0.1, 0.15) is 18.4 Å². The number of hydrogen-bond acceptors (Lipinski definition) is 3. The Hall–Kier alpha value is -1.88. The first-order chi connectivity index (χ1) is 11.5. The summed E-state index contributed by atoms with van der Waals surface area (Å²) in [6, 6.07) is 13.4. The maximum absolute atomic E-state index is 12.3. The molecular weight excluding hydrogens is 338 g/mol. The molecule has 2 aromatic rings. The molecule has 0 saturated heterocycles. The quantitative estimate of drug-likeness (QED) is 0.476. The number of halogens is 1. The number of methoxy groups -OCH3 is 1. The number of aryl methyl sites for hydroxylation is 2. The number of aliphatic hydroxyl groups excluding tert-OH is 1. The summed E-state index contributed by atoms with van der Waals surface area (Å²) >= 11 is 0. The Bertz CT molecular complexity index is 703. The van der Waals surface area contributed by atoms with Crippen molar-refractivity contribution >= 4 is 5.78 Å². The number of ketones is 1. The van der Waals surface area contributed by atoms with Crippen LogP contribution in [-0.2, 0) is 0 Å². The van der Waals surface area contributed by atoms with E-state index in [-0.39, 0.29) is 18.2 Å². The molecule has 0 bridgehead atoms. The molecular formula is C20H26ClNO3. The molecule has 1 atom stereocenters. The Labute approximate surface area is 155 Å². The predicted molar refractivity (Wildman–Crippen MR) is 94.5 cm³/mol. The van der Waals surface area contributed by atoms with E-state index in [0.717, 1.165) is 28.0 Å². The van der Waals surface area contributed by atoms with Crippen molar-refractivity contribution in [2.75, 3.05) is 20.2 Å². The fraction of sp³-hybridized carbons (Fsp3) is 0.350. The number of rotatable bonds is 8. The van der Waals surface area contributed by atoms with E-state index in [1.165, 1.54) is 0 Å². The largest absolute Gasteiger partial charge is 1.00 e. The van der Waals surface area contributed by atoms with Crippen LogP contribution in [0.25, 0.3) is 0 Å². The van der Waals surface area contributed by atoms with Crippen LogP contribution in [0.2, 0.25) is 0 Å². The second-order valence-electron chi connectivity index (χ2n) is 6.10. The van der Waals surface area contributed by atoms with Crippen LogP contribution in [0.1, 0.15) is 39.6 Å². The highest BCUT2D eigenvalue weighted by Crippen LogP contribution is 2.17. The summed E-state index contributed by atoms with van der Waals surface area (Å²) in [6.45, 7) is 5.14. The number of quaternary nitrogens is 1. The average molecular weight is 364 g/mol. The monoisotopic (exact) mass is 363 g/mol. The zero-order valence-corrected chi connectivity index (χ0v) is 15.7. The van der Waals surface area contributed by atoms with Crippen LogP contribution in [0.15, 0.2) is 42.5 Å². The van der Waals surface area contributed by atoms with Crippen molar-refractivity contribution < 1.29 is 32.4 Å².